The monoisotopic (exact) mass is 138 g/mol. The summed E-state index contributed by atoms with van der Waals surface area (Å²) < 4.78 is 0. The van der Waals surface area contributed by atoms with E-state index in [1.165, 1.54) is 0 Å². The number of allylic oxidation sites excluding steroid dienone is 4. The van der Waals surface area contributed by atoms with Crippen LogP contribution in [-0.2, 0) is 0 Å². The van der Waals surface area contributed by atoms with E-state index < -0.39 is 0 Å². The zero-order chi connectivity index (χ0) is 7.40. The van der Waals surface area contributed by atoms with Gasteiger partial charge in [-0.3, -0.25) is 0 Å². The van der Waals surface area contributed by atoms with Crippen molar-refractivity contribution in [2.45, 2.75) is 12.8 Å². The molecule has 0 saturated carbocycles. The van der Waals surface area contributed by atoms with Crippen LogP contribution in [0.5, 0.6) is 0 Å². The van der Waals surface area contributed by atoms with Gasteiger partial charge in [-0.25, -0.2) is 0 Å². The molecule has 2 nitrogen and oxygen atoms in total. The van der Waals surface area contributed by atoms with Gasteiger partial charge in [-0.2, -0.15) is 0 Å². The number of rotatable bonds is 0. The van der Waals surface area contributed by atoms with Crippen LogP contribution in [0.1, 0.15) is 12.8 Å². The van der Waals surface area contributed by atoms with Crippen LogP contribution in [0.4, 0.5) is 0 Å². The molecule has 0 atom stereocenters. The Morgan fingerprint density at radius 2 is 2.10 bits per heavy atom. The Morgan fingerprint density at radius 1 is 1.30 bits per heavy atom. The van der Waals surface area contributed by atoms with Crippen molar-refractivity contribution >= 4 is 0 Å². The Labute approximate surface area is 59.8 Å². The molecule has 0 spiro atoms. The Kier molecular flexibility index (Phi) is 2.15. The van der Waals surface area contributed by atoms with Gasteiger partial charge in [0, 0.05) is 0 Å². The second-order valence-electron chi connectivity index (χ2n) is 2.27. The van der Waals surface area contributed by atoms with Crippen molar-refractivity contribution in [1.29, 1.82) is 0 Å². The maximum Gasteiger partial charge on any atom is 0.0826 e. The molecule has 0 unspecified atom stereocenters. The van der Waals surface area contributed by atoms with Crippen molar-refractivity contribution in [1.82, 2.24) is 0 Å². The zero-order valence-electron chi connectivity index (χ0n) is 5.62. The van der Waals surface area contributed by atoms with Crippen molar-refractivity contribution in [3.8, 4) is 0 Å². The lowest BCUT2D eigenvalue weighted by Gasteiger charge is -2.08. The van der Waals surface area contributed by atoms with Crippen molar-refractivity contribution in [2.75, 3.05) is 0 Å². The molecule has 0 aromatic carbocycles. The molecule has 0 aromatic rings. The summed E-state index contributed by atoms with van der Waals surface area (Å²) in [5, 5.41) is 17.2. The van der Waals surface area contributed by atoms with Crippen LogP contribution in [-0.4, -0.2) is 10.2 Å². The molecule has 0 heterocycles. The molecule has 0 amide bonds. The lowest BCUT2D eigenvalue weighted by Crippen LogP contribution is -1.91. The molecule has 0 aliphatic heterocycles. The highest BCUT2D eigenvalue weighted by atomic mass is 16.2. The predicted octanol–water partition coefficient (Wildman–Crippen LogP) is 2.22. The molecular formula is C8H10O2. The van der Waals surface area contributed by atoms with Gasteiger partial charge in [-0.05, 0) is 24.0 Å². The molecule has 2 heteroatoms. The number of hydrogen-bond donors (Lipinski definition) is 2. The third-order valence-corrected chi connectivity index (χ3v) is 1.49. The minimum atomic E-state index is 0.656. The van der Waals surface area contributed by atoms with Gasteiger partial charge in [-0.1, -0.05) is 12.2 Å². The van der Waals surface area contributed by atoms with E-state index in [2.05, 4.69) is 0 Å². The second-order valence-corrected chi connectivity index (χ2v) is 2.27. The first-order valence-electron chi connectivity index (χ1n) is 3.18. The number of aliphatic hydroxyl groups excluding tert-OH is 2. The Morgan fingerprint density at radius 3 is 2.70 bits per heavy atom. The second kappa shape index (κ2) is 3.11. The molecule has 1 aliphatic rings. The molecule has 2 N–H and O–H groups in total. The van der Waals surface area contributed by atoms with E-state index in [0.29, 0.717) is 6.42 Å². The topological polar surface area (TPSA) is 40.5 Å². The molecule has 10 heavy (non-hydrogen) atoms. The molecule has 1 rings (SSSR count). The van der Waals surface area contributed by atoms with E-state index in [-0.39, 0.29) is 0 Å². The molecular weight excluding hydrogens is 128 g/mol. The third kappa shape index (κ3) is 1.41. The van der Waals surface area contributed by atoms with Gasteiger partial charge in [0.2, 0.25) is 0 Å². The summed E-state index contributed by atoms with van der Waals surface area (Å²) in [4.78, 5) is 0. The quantitative estimate of drug-likeness (QED) is 0.504. The number of aliphatic hydroxyl groups is 2. The van der Waals surface area contributed by atoms with Gasteiger partial charge >= 0.3 is 0 Å². The fourth-order valence-corrected chi connectivity index (χ4v) is 0.942. The van der Waals surface area contributed by atoms with Gasteiger partial charge in [0.05, 0.1) is 12.5 Å². The van der Waals surface area contributed by atoms with E-state index in [4.69, 9.17) is 10.2 Å². The maximum absolute atomic E-state index is 8.60. The molecule has 1 aliphatic carbocycles. The summed E-state index contributed by atoms with van der Waals surface area (Å²) in [5.41, 5.74) is 1.77. The SMILES string of the molecule is OC=C1C=CCC(=CO)C1. The highest BCUT2D eigenvalue weighted by Gasteiger charge is 2.03. The lowest BCUT2D eigenvalue weighted by molar-refractivity contribution is 0.458. The van der Waals surface area contributed by atoms with Gasteiger partial charge in [0.15, 0.2) is 0 Å². The highest BCUT2D eigenvalue weighted by Crippen LogP contribution is 2.20. The van der Waals surface area contributed by atoms with Crippen LogP contribution < -0.4 is 0 Å². The molecule has 0 radical (unpaired) electrons. The van der Waals surface area contributed by atoms with E-state index in [9.17, 15) is 0 Å². The van der Waals surface area contributed by atoms with Crippen molar-refractivity contribution in [3.63, 3.8) is 0 Å². The lowest BCUT2D eigenvalue weighted by atomic mass is 9.99. The first kappa shape index (κ1) is 6.93. The molecule has 54 valence electrons. The summed E-state index contributed by atoms with van der Waals surface area (Å²) >= 11 is 0. The standard InChI is InChI=1S/C8H10O2/c9-5-7-2-1-3-8(4-7)6-10/h1-2,5-6,9-10H,3-4H2. The van der Waals surface area contributed by atoms with Crippen LogP contribution in [0, 0.1) is 0 Å². The van der Waals surface area contributed by atoms with Gasteiger partial charge in [-0.15, -0.1) is 0 Å². The van der Waals surface area contributed by atoms with Crippen LogP contribution in [0.25, 0.3) is 0 Å². The maximum atomic E-state index is 8.60. The molecule has 0 bridgehead atoms. The largest absolute Gasteiger partial charge is 0.516 e. The highest BCUT2D eigenvalue weighted by molar-refractivity contribution is 5.29. The minimum absolute atomic E-state index is 0.656. The van der Waals surface area contributed by atoms with Crippen molar-refractivity contribution in [3.05, 3.63) is 35.8 Å². The van der Waals surface area contributed by atoms with Crippen LogP contribution in [0.3, 0.4) is 0 Å². The summed E-state index contributed by atoms with van der Waals surface area (Å²) in [7, 11) is 0. The fourth-order valence-electron chi connectivity index (χ4n) is 0.942. The van der Waals surface area contributed by atoms with E-state index in [1.54, 1.807) is 0 Å². The Bertz CT molecular complexity index is 199. The van der Waals surface area contributed by atoms with Gasteiger partial charge < -0.3 is 10.2 Å². The predicted molar refractivity (Wildman–Crippen MR) is 39.8 cm³/mol. The van der Waals surface area contributed by atoms with Gasteiger partial charge in [0.1, 0.15) is 0 Å². The van der Waals surface area contributed by atoms with Crippen molar-refractivity contribution < 1.29 is 10.2 Å². The molecule has 0 aromatic heterocycles. The van der Waals surface area contributed by atoms with Crippen LogP contribution in [0.15, 0.2) is 35.8 Å². The number of hydrogen-bond acceptors (Lipinski definition) is 2. The Hall–Kier alpha value is -1.18. The summed E-state index contributed by atoms with van der Waals surface area (Å²) in [6, 6.07) is 0. The smallest absolute Gasteiger partial charge is 0.0826 e. The van der Waals surface area contributed by atoms with Crippen LogP contribution >= 0.6 is 0 Å². The van der Waals surface area contributed by atoms with E-state index in [0.717, 1.165) is 30.1 Å². The average Bonchev–Trinajstić information content (AvgIpc) is 2.05. The van der Waals surface area contributed by atoms with E-state index in [1.807, 2.05) is 12.2 Å². The molecule has 0 fully saturated rings. The third-order valence-electron chi connectivity index (χ3n) is 1.49. The summed E-state index contributed by atoms with van der Waals surface area (Å²) in [6.45, 7) is 0. The average molecular weight is 138 g/mol. The van der Waals surface area contributed by atoms with Crippen LogP contribution in [0.2, 0.25) is 0 Å². The van der Waals surface area contributed by atoms with E-state index >= 15 is 0 Å². The zero-order valence-corrected chi connectivity index (χ0v) is 5.62. The summed E-state index contributed by atoms with van der Waals surface area (Å²) in [5.74, 6) is 0. The van der Waals surface area contributed by atoms with Gasteiger partial charge in [0.25, 0.3) is 0 Å². The first-order chi connectivity index (χ1) is 4.86. The molecule has 0 saturated heterocycles. The fraction of sp³-hybridized carbons (Fsp3) is 0.250. The Balaban J connectivity index is 2.72. The normalized spacial score (nSPS) is 26.0. The summed E-state index contributed by atoms with van der Waals surface area (Å²) in [6.07, 6.45) is 7.38. The minimum Gasteiger partial charge on any atom is -0.516 e. The van der Waals surface area contributed by atoms with Crippen molar-refractivity contribution in [2.24, 2.45) is 0 Å². The first-order valence-corrected chi connectivity index (χ1v) is 3.18.